The lowest BCUT2D eigenvalue weighted by Gasteiger charge is -2.21. The van der Waals surface area contributed by atoms with Crippen molar-refractivity contribution in [1.29, 1.82) is 0 Å². The Morgan fingerprint density at radius 1 is 1.47 bits per heavy atom. The second-order valence-electron chi connectivity index (χ2n) is 3.73. The molecule has 0 aliphatic rings. The van der Waals surface area contributed by atoms with Crippen LogP contribution in [0.1, 0.15) is 23.6 Å². The summed E-state index contributed by atoms with van der Waals surface area (Å²) in [5.41, 5.74) is 7.90. The van der Waals surface area contributed by atoms with Gasteiger partial charge in [0.1, 0.15) is 0 Å². The molecule has 0 radical (unpaired) electrons. The Balaban J connectivity index is 3.00. The van der Waals surface area contributed by atoms with E-state index in [4.69, 9.17) is 0 Å². The van der Waals surface area contributed by atoms with Crippen LogP contribution >= 0.6 is 0 Å². The van der Waals surface area contributed by atoms with Crippen molar-refractivity contribution >= 4 is 5.70 Å². The van der Waals surface area contributed by atoms with Gasteiger partial charge >= 0.3 is 0 Å². The van der Waals surface area contributed by atoms with Gasteiger partial charge in [0, 0.05) is 19.7 Å². The van der Waals surface area contributed by atoms with Gasteiger partial charge in [-0.2, -0.15) is 0 Å². The summed E-state index contributed by atoms with van der Waals surface area (Å²) < 4.78 is 0. The Bertz CT molecular complexity index is 356. The van der Waals surface area contributed by atoms with E-state index in [1.807, 2.05) is 19.1 Å². The van der Waals surface area contributed by atoms with E-state index < -0.39 is 0 Å². The predicted molar refractivity (Wildman–Crippen MR) is 66.4 cm³/mol. The lowest BCUT2D eigenvalue weighted by atomic mass is 10.0. The quantitative estimate of drug-likeness (QED) is 0.758. The fourth-order valence-corrected chi connectivity index (χ4v) is 1.59. The van der Waals surface area contributed by atoms with Crippen molar-refractivity contribution in [2.24, 2.45) is 0 Å². The zero-order valence-corrected chi connectivity index (χ0v) is 10.1. The van der Waals surface area contributed by atoms with Crippen molar-refractivity contribution in [2.45, 2.75) is 20.3 Å². The summed E-state index contributed by atoms with van der Waals surface area (Å²) >= 11 is 0. The number of rotatable bonds is 4. The highest BCUT2D eigenvalue weighted by Crippen LogP contribution is 2.20. The minimum absolute atomic E-state index is 0.998. The zero-order chi connectivity index (χ0) is 11.4. The van der Waals surface area contributed by atoms with E-state index in [0.717, 1.165) is 12.1 Å². The molecule has 0 saturated carbocycles. The number of hydrazine groups is 1. The van der Waals surface area contributed by atoms with Crippen molar-refractivity contribution in [1.82, 2.24) is 10.4 Å². The summed E-state index contributed by atoms with van der Waals surface area (Å²) in [7, 11) is 3.86. The van der Waals surface area contributed by atoms with Crippen LogP contribution in [-0.2, 0) is 6.42 Å². The average Bonchev–Trinajstić information content (AvgIpc) is 2.26. The lowest BCUT2D eigenvalue weighted by molar-refractivity contribution is 0.387. The van der Waals surface area contributed by atoms with E-state index in [1.165, 1.54) is 16.7 Å². The Morgan fingerprint density at radius 3 is 2.60 bits per heavy atom. The fraction of sp³-hybridized carbons (Fsp3) is 0.385. The van der Waals surface area contributed by atoms with E-state index in [1.54, 1.807) is 0 Å². The van der Waals surface area contributed by atoms with Crippen LogP contribution in [0.25, 0.3) is 5.70 Å². The third-order valence-electron chi connectivity index (χ3n) is 2.75. The molecule has 0 spiro atoms. The van der Waals surface area contributed by atoms with Gasteiger partial charge in [-0.05, 0) is 24.5 Å². The van der Waals surface area contributed by atoms with Gasteiger partial charge in [0.15, 0.2) is 0 Å². The van der Waals surface area contributed by atoms with Crippen LogP contribution in [-0.4, -0.2) is 19.1 Å². The molecule has 1 N–H and O–H groups in total. The topological polar surface area (TPSA) is 15.3 Å². The van der Waals surface area contributed by atoms with Gasteiger partial charge in [0.05, 0.1) is 5.70 Å². The zero-order valence-electron chi connectivity index (χ0n) is 10.1. The first-order valence-electron chi connectivity index (χ1n) is 5.30. The monoisotopic (exact) mass is 204 g/mol. The molecule has 82 valence electrons. The van der Waals surface area contributed by atoms with Crippen molar-refractivity contribution < 1.29 is 0 Å². The summed E-state index contributed by atoms with van der Waals surface area (Å²) in [6.07, 6.45) is 1.08. The van der Waals surface area contributed by atoms with Crippen LogP contribution in [0, 0.1) is 6.92 Å². The number of benzene rings is 1. The summed E-state index contributed by atoms with van der Waals surface area (Å²) in [4.78, 5) is 0. The lowest BCUT2D eigenvalue weighted by Crippen LogP contribution is -2.28. The highest BCUT2D eigenvalue weighted by Gasteiger charge is 2.06. The minimum atomic E-state index is 0.998. The van der Waals surface area contributed by atoms with E-state index in [9.17, 15) is 0 Å². The summed E-state index contributed by atoms with van der Waals surface area (Å²) in [5, 5.41) is 1.92. The minimum Gasteiger partial charge on any atom is -0.312 e. The summed E-state index contributed by atoms with van der Waals surface area (Å²) in [6, 6.07) is 6.53. The number of hydrogen-bond donors (Lipinski definition) is 1. The highest BCUT2D eigenvalue weighted by atomic mass is 15.5. The molecule has 0 atom stereocenters. The third kappa shape index (κ3) is 2.60. The number of hydrogen-bond acceptors (Lipinski definition) is 2. The maximum atomic E-state index is 4.08. The van der Waals surface area contributed by atoms with E-state index in [0.29, 0.717) is 0 Å². The van der Waals surface area contributed by atoms with Crippen LogP contribution in [0.3, 0.4) is 0 Å². The summed E-state index contributed by atoms with van der Waals surface area (Å²) in [6.45, 7) is 8.37. The molecule has 1 aromatic carbocycles. The first kappa shape index (κ1) is 11.8. The molecule has 2 nitrogen and oxygen atoms in total. The molecule has 15 heavy (non-hydrogen) atoms. The molecule has 1 rings (SSSR count). The van der Waals surface area contributed by atoms with Crippen LogP contribution in [0.4, 0.5) is 0 Å². The Hall–Kier alpha value is -1.28. The summed E-state index contributed by atoms with van der Waals surface area (Å²) in [5.74, 6) is 0. The second kappa shape index (κ2) is 4.99. The number of aryl methyl sites for hydroxylation is 2. The molecule has 0 bridgehead atoms. The highest BCUT2D eigenvalue weighted by molar-refractivity contribution is 5.64. The van der Waals surface area contributed by atoms with Gasteiger partial charge in [-0.25, -0.2) is 5.43 Å². The van der Waals surface area contributed by atoms with Gasteiger partial charge in [-0.15, -0.1) is 0 Å². The standard InChI is InChI=1S/C13H20N2/c1-6-12-7-8-13(10(2)9-12)11(3)15(5)14-4/h7-9,14H,3,6H2,1-2,4-5H3. The van der Waals surface area contributed by atoms with Gasteiger partial charge < -0.3 is 5.01 Å². The maximum Gasteiger partial charge on any atom is 0.0519 e. The first-order valence-corrected chi connectivity index (χ1v) is 5.30. The Kier molecular flexibility index (Phi) is 3.92. The molecular weight excluding hydrogens is 184 g/mol. The van der Waals surface area contributed by atoms with Crippen LogP contribution in [0.2, 0.25) is 0 Å². The smallest absolute Gasteiger partial charge is 0.0519 e. The fourth-order valence-electron chi connectivity index (χ4n) is 1.59. The molecule has 0 unspecified atom stereocenters. The number of nitrogens with one attached hydrogen (secondary N) is 1. The molecule has 0 heterocycles. The molecule has 0 aliphatic heterocycles. The first-order chi connectivity index (χ1) is 7.10. The number of nitrogens with zero attached hydrogens (tertiary/aromatic N) is 1. The van der Waals surface area contributed by atoms with Crippen LogP contribution in [0.15, 0.2) is 24.8 Å². The third-order valence-corrected chi connectivity index (χ3v) is 2.75. The molecule has 0 amide bonds. The van der Waals surface area contributed by atoms with E-state index in [2.05, 4.69) is 44.1 Å². The van der Waals surface area contributed by atoms with Crippen molar-refractivity contribution in [3.63, 3.8) is 0 Å². The largest absolute Gasteiger partial charge is 0.312 e. The Morgan fingerprint density at radius 2 is 2.13 bits per heavy atom. The molecule has 2 heteroatoms. The molecule has 0 aliphatic carbocycles. The maximum absolute atomic E-state index is 4.08. The Labute approximate surface area is 92.6 Å². The van der Waals surface area contributed by atoms with Crippen LogP contribution in [0.5, 0.6) is 0 Å². The van der Waals surface area contributed by atoms with Crippen molar-refractivity contribution in [3.8, 4) is 0 Å². The molecule has 0 aromatic heterocycles. The van der Waals surface area contributed by atoms with E-state index in [-0.39, 0.29) is 0 Å². The normalized spacial score (nSPS) is 10.1. The predicted octanol–water partition coefficient (Wildman–Crippen LogP) is 2.59. The van der Waals surface area contributed by atoms with Gasteiger partial charge in [0.2, 0.25) is 0 Å². The van der Waals surface area contributed by atoms with E-state index >= 15 is 0 Å². The SMILES string of the molecule is C=C(c1ccc(CC)cc1C)N(C)NC. The second-order valence-corrected chi connectivity index (χ2v) is 3.73. The van der Waals surface area contributed by atoms with Gasteiger partial charge in [-0.3, -0.25) is 0 Å². The average molecular weight is 204 g/mol. The molecule has 0 fully saturated rings. The van der Waals surface area contributed by atoms with Crippen molar-refractivity contribution in [2.75, 3.05) is 14.1 Å². The van der Waals surface area contributed by atoms with Crippen LogP contribution < -0.4 is 5.43 Å². The molecule has 1 aromatic rings. The molecular formula is C13H20N2. The van der Waals surface area contributed by atoms with Gasteiger partial charge in [-0.1, -0.05) is 31.7 Å². The van der Waals surface area contributed by atoms with Crippen molar-refractivity contribution in [3.05, 3.63) is 41.5 Å². The molecule has 0 saturated heterocycles. The van der Waals surface area contributed by atoms with Gasteiger partial charge in [0.25, 0.3) is 0 Å².